The molecule has 0 atom stereocenters. The zero-order valence-corrected chi connectivity index (χ0v) is 12.3. The summed E-state index contributed by atoms with van der Waals surface area (Å²) < 4.78 is 54.8. The summed E-state index contributed by atoms with van der Waals surface area (Å²) in [5.74, 6) is -0.967. The first kappa shape index (κ1) is 16.4. The van der Waals surface area contributed by atoms with Crippen molar-refractivity contribution in [1.29, 1.82) is 5.26 Å². The van der Waals surface area contributed by atoms with Gasteiger partial charge in [-0.25, -0.2) is 9.49 Å². The number of aromatic nitrogens is 3. The Morgan fingerprint density at radius 1 is 1.00 bits per heavy atom. The van der Waals surface area contributed by atoms with E-state index in [4.69, 9.17) is 5.26 Å². The number of halogens is 4. The van der Waals surface area contributed by atoms with Crippen molar-refractivity contribution < 1.29 is 22.3 Å². The Kier molecular flexibility index (Phi) is 4.10. The molecule has 1 aromatic heterocycles. The minimum Gasteiger partial charge on any atom is -0.406 e. The summed E-state index contributed by atoms with van der Waals surface area (Å²) >= 11 is 0. The molecule has 0 spiro atoms. The molecule has 0 aliphatic rings. The monoisotopic (exact) mass is 348 g/mol. The number of ether oxygens (including phenoxy) is 1. The Hall–Kier alpha value is -3.41. The molecule has 9 heteroatoms. The van der Waals surface area contributed by atoms with E-state index in [9.17, 15) is 17.6 Å². The van der Waals surface area contributed by atoms with Crippen LogP contribution in [-0.2, 0) is 0 Å². The van der Waals surface area contributed by atoms with Gasteiger partial charge in [-0.05, 0) is 41.5 Å². The van der Waals surface area contributed by atoms with Crippen molar-refractivity contribution in [2.24, 2.45) is 0 Å². The quantitative estimate of drug-likeness (QED) is 0.725. The second kappa shape index (κ2) is 6.24. The Labute approximate surface area is 138 Å². The van der Waals surface area contributed by atoms with E-state index in [0.717, 1.165) is 12.1 Å². The Morgan fingerprint density at radius 3 is 2.32 bits per heavy atom. The third kappa shape index (κ3) is 3.74. The van der Waals surface area contributed by atoms with E-state index in [0.29, 0.717) is 11.1 Å². The van der Waals surface area contributed by atoms with E-state index in [1.165, 1.54) is 30.3 Å². The highest BCUT2D eigenvalue weighted by Crippen LogP contribution is 2.34. The molecule has 0 saturated heterocycles. The second-order valence-electron chi connectivity index (χ2n) is 4.95. The number of benzene rings is 2. The maximum absolute atomic E-state index is 13.1. The maximum atomic E-state index is 13.1. The van der Waals surface area contributed by atoms with E-state index >= 15 is 0 Å². The molecule has 0 aliphatic heterocycles. The van der Waals surface area contributed by atoms with Gasteiger partial charge in [-0.1, -0.05) is 17.3 Å². The van der Waals surface area contributed by atoms with Crippen molar-refractivity contribution in [1.82, 2.24) is 15.4 Å². The zero-order chi connectivity index (χ0) is 18.0. The van der Waals surface area contributed by atoms with Crippen molar-refractivity contribution in [2.45, 2.75) is 6.36 Å². The molecule has 2 aromatic carbocycles. The summed E-state index contributed by atoms with van der Waals surface area (Å²) in [4.78, 5) is 0. The van der Waals surface area contributed by atoms with Gasteiger partial charge in [-0.15, -0.1) is 18.3 Å². The highest BCUT2D eigenvalue weighted by atomic mass is 19.4. The third-order valence-corrected chi connectivity index (χ3v) is 3.25. The van der Waals surface area contributed by atoms with Gasteiger partial charge in [0.05, 0.1) is 0 Å². The number of hydrogen-bond acceptors (Lipinski definition) is 4. The summed E-state index contributed by atoms with van der Waals surface area (Å²) in [5.41, 5.74) is 1.08. The maximum Gasteiger partial charge on any atom is 0.573 e. The van der Waals surface area contributed by atoms with E-state index in [1.807, 2.05) is 6.07 Å². The topological polar surface area (TPSA) is 74.6 Å². The van der Waals surface area contributed by atoms with Crippen LogP contribution in [0, 0.1) is 17.1 Å². The molecule has 0 bridgehead atoms. The van der Waals surface area contributed by atoms with Crippen LogP contribution in [0.4, 0.5) is 17.6 Å². The molecule has 3 rings (SSSR count). The van der Waals surface area contributed by atoms with Crippen molar-refractivity contribution in [2.75, 3.05) is 0 Å². The highest BCUT2D eigenvalue weighted by molar-refractivity contribution is 5.75. The molecule has 0 aliphatic carbocycles. The van der Waals surface area contributed by atoms with Crippen LogP contribution in [-0.4, -0.2) is 21.8 Å². The van der Waals surface area contributed by atoms with Gasteiger partial charge in [0.2, 0.25) is 0 Å². The van der Waals surface area contributed by atoms with Gasteiger partial charge in [0.1, 0.15) is 23.3 Å². The summed E-state index contributed by atoms with van der Waals surface area (Å²) in [6.07, 6.45) is -4.89. The lowest BCUT2D eigenvalue weighted by atomic mass is 10.0. The average Bonchev–Trinajstić information content (AvgIpc) is 3.02. The molecular formula is C16H8F4N4O. The molecule has 3 aromatic rings. The zero-order valence-electron chi connectivity index (χ0n) is 12.3. The largest absolute Gasteiger partial charge is 0.573 e. The molecule has 0 saturated carbocycles. The third-order valence-electron chi connectivity index (χ3n) is 3.25. The van der Waals surface area contributed by atoms with Crippen LogP contribution >= 0.6 is 0 Å². The number of alkyl halides is 3. The lowest BCUT2D eigenvalue weighted by Crippen LogP contribution is -2.17. The molecule has 0 fully saturated rings. The lowest BCUT2D eigenvalue weighted by Gasteiger charge is -2.12. The van der Waals surface area contributed by atoms with E-state index in [-0.39, 0.29) is 17.0 Å². The lowest BCUT2D eigenvalue weighted by molar-refractivity contribution is -0.274. The van der Waals surface area contributed by atoms with Gasteiger partial charge in [0.25, 0.3) is 0 Å². The molecule has 0 amide bonds. The standard InChI is InChI=1S/C16H8F4N4O/c17-12-3-1-9(2-4-12)10-5-11(15-14(8-21)22-24-23-15)7-13(6-10)25-16(18,19)20/h1-7H,(H,22,23,24). The van der Waals surface area contributed by atoms with Crippen LogP contribution in [0.5, 0.6) is 5.75 Å². The van der Waals surface area contributed by atoms with Crippen LogP contribution in [0.3, 0.4) is 0 Å². The predicted molar refractivity (Wildman–Crippen MR) is 78.6 cm³/mol. The molecule has 5 nitrogen and oxygen atoms in total. The van der Waals surface area contributed by atoms with Crippen LogP contribution in [0.2, 0.25) is 0 Å². The van der Waals surface area contributed by atoms with Gasteiger partial charge < -0.3 is 4.74 Å². The number of aromatic amines is 1. The molecular weight excluding hydrogens is 340 g/mol. The molecule has 0 radical (unpaired) electrons. The van der Waals surface area contributed by atoms with E-state index in [2.05, 4.69) is 20.1 Å². The Balaban J connectivity index is 2.15. The fraction of sp³-hybridized carbons (Fsp3) is 0.0625. The first-order valence-corrected chi connectivity index (χ1v) is 6.84. The van der Waals surface area contributed by atoms with Gasteiger partial charge in [0, 0.05) is 5.56 Å². The predicted octanol–water partition coefficient (Wildman–Crippen LogP) is 4.05. The molecule has 1 N–H and O–H groups in total. The van der Waals surface area contributed by atoms with Crippen LogP contribution in [0.15, 0.2) is 42.5 Å². The number of nitrogens with one attached hydrogen (secondary N) is 1. The Morgan fingerprint density at radius 2 is 1.68 bits per heavy atom. The first-order chi connectivity index (χ1) is 11.9. The molecule has 25 heavy (non-hydrogen) atoms. The van der Waals surface area contributed by atoms with Gasteiger partial charge in [-0.2, -0.15) is 5.26 Å². The first-order valence-electron chi connectivity index (χ1n) is 6.84. The normalized spacial score (nSPS) is 11.2. The minimum absolute atomic E-state index is 0.00536. The Bertz CT molecular complexity index is 942. The van der Waals surface area contributed by atoms with Gasteiger partial charge in [0.15, 0.2) is 5.69 Å². The van der Waals surface area contributed by atoms with Crippen molar-refractivity contribution in [3.05, 3.63) is 54.0 Å². The van der Waals surface area contributed by atoms with Crippen LogP contribution in [0.25, 0.3) is 22.4 Å². The highest BCUT2D eigenvalue weighted by Gasteiger charge is 2.31. The summed E-state index contributed by atoms with van der Waals surface area (Å²) in [7, 11) is 0. The van der Waals surface area contributed by atoms with E-state index < -0.39 is 17.9 Å². The average molecular weight is 348 g/mol. The SMILES string of the molecule is N#Cc1[nH]nnc1-c1cc(OC(F)(F)F)cc(-c2ccc(F)cc2)c1. The van der Waals surface area contributed by atoms with Crippen LogP contribution in [0.1, 0.15) is 5.69 Å². The van der Waals surface area contributed by atoms with Crippen molar-refractivity contribution >= 4 is 0 Å². The summed E-state index contributed by atoms with van der Waals surface area (Å²) in [6, 6.07) is 10.8. The second-order valence-corrected chi connectivity index (χ2v) is 4.95. The number of nitriles is 1. The fourth-order valence-corrected chi connectivity index (χ4v) is 2.25. The number of H-pyrrole nitrogens is 1. The summed E-state index contributed by atoms with van der Waals surface area (Å²) in [5, 5.41) is 18.6. The number of rotatable bonds is 3. The molecule has 126 valence electrons. The molecule has 1 heterocycles. The summed E-state index contributed by atoms with van der Waals surface area (Å²) in [6.45, 7) is 0. The van der Waals surface area contributed by atoms with Crippen molar-refractivity contribution in [3.8, 4) is 34.2 Å². The smallest absolute Gasteiger partial charge is 0.406 e. The van der Waals surface area contributed by atoms with Gasteiger partial charge in [-0.3, -0.25) is 0 Å². The van der Waals surface area contributed by atoms with Gasteiger partial charge >= 0.3 is 6.36 Å². The molecule has 0 unspecified atom stereocenters. The fourth-order valence-electron chi connectivity index (χ4n) is 2.25. The van der Waals surface area contributed by atoms with E-state index in [1.54, 1.807) is 0 Å². The number of hydrogen-bond donors (Lipinski definition) is 1. The van der Waals surface area contributed by atoms with Crippen LogP contribution < -0.4 is 4.74 Å². The van der Waals surface area contributed by atoms with Crippen molar-refractivity contribution in [3.63, 3.8) is 0 Å². The minimum atomic E-state index is -4.89. The number of nitrogens with zero attached hydrogens (tertiary/aromatic N) is 3.